The average Bonchev–Trinajstić information content (AvgIpc) is 3.55. The Labute approximate surface area is 235 Å². The first-order chi connectivity index (χ1) is 18.9. The maximum absolute atomic E-state index is 13.8. The van der Waals surface area contributed by atoms with Gasteiger partial charge in [-0.3, -0.25) is 18.9 Å². The zero-order chi connectivity index (χ0) is 27.1. The second-order valence-electron chi connectivity index (χ2n) is 9.92. The molecule has 39 heavy (non-hydrogen) atoms. The first-order valence-corrected chi connectivity index (χ1v) is 14.3. The number of thioether (sulfide) groups is 1. The van der Waals surface area contributed by atoms with Crippen molar-refractivity contribution >= 4 is 57.4 Å². The van der Waals surface area contributed by atoms with E-state index < -0.39 is 0 Å². The van der Waals surface area contributed by atoms with Gasteiger partial charge in [0.15, 0.2) is 0 Å². The molecule has 1 atom stereocenters. The summed E-state index contributed by atoms with van der Waals surface area (Å²) in [5.74, 6) is 0.0817. The summed E-state index contributed by atoms with van der Waals surface area (Å²) in [6.45, 7) is 5.65. The molecule has 8 nitrogen and oxygen atoms in total. The summed E-state index contributed by atoms with van der Waals surface area (Å²) in [6.07, 6.45) is 5.22. The van der Waals surface area contributed by atoms with Crippen molar-refractivity contribution in [2.75, 3.05) is 49.1 Å². The summed E-state index contributed by atoms with van der Waals surface area (Å²) in [6, 6.07) is 10.2. The molecule has 202 valence electrons. The smallest absolute Gasteiger partial charge is 0.267 e. The monoisotopic (exact) mass is 565 g/mol. The summed E-state index contributed by atoms with van der Waals surface area (Å²) >= 11 is 6.74. The van der Waals surface area contributed by atoms with Gasteiger partial charge in [0, 0.05) is 44.7 Å². The van der Waals surface area contributed by atoms with E-state index in [1.54, 1.807) is 29.3 Å². The zero-order valence-electron chi connectivity index (χ0n) is 21.5. The number of thiocarbonyl (C=S) groups is 1. The molecule has 3 saturated heterocycles. The highest BCUT2D eigenvalue weighted by Gasteiger charge is 2.35. The van der Waals surface area contributed by atoms with Gasteiger partial charge in [-0.05, 0) is 61.7 Å². The molecule has 0 spiro atoms. The standard InChI is InChI=1S/C28H28FN5O3S2/c1-18-4-2-10-33-24(18)30-25(32-13-11-31(12-14-32)20-8-6-19(29)7-9-20)22(26(33)35)16-23-27(36)34(28(38)39-23)17-21-5-3-15-37-21/h2,4,6-10,16,21H,3,5,11-15,17H2,1H3/b23-16+/t21-/m0/s1. The minimum atomic E-state index is -0.264. The molecule has 3 fully saturated rings. The lowest BCUT2D eigenvalue weighted by atomic mass is 10.2. The van der Waals surface area contributed by atoms with E-state index in [0.29, 0.717) is 65.6 Å². The lowest BCUT2D eigenvalue weighted by Crippen LogP contribution is -2.47. The molecule has 0 unspecified atom stereocenters. The predicted octanol–water partition coefficient (Wildman–Crippen LogP) is 3.85. The van der Waals surface area contributed by atoms with Crippen molar-refractivity contribution in [1.82, 2.24) is 14.3 Å². The molecular formula is C28H28FN5O3S2. The van der Waals surface area contributed by atoms with E-state index in [2.05, 4.69) is 9.80 Å². The Hall–Kier alpha value is -3.28. The molecule has 5 heterocycles. The predicted molar refractivity (Wildman–Crippen MR) is 156 cm³/mol. The van der Waals surface area contributed by atoms with Gasteiger partial charge in [0.1, 0.15) is 21.6 Å². The molecule has 1 aromatic carbocycles. The molecule has 3 aliphatic heterocycles. The quantitative estimate of drug-likeness (QED) is 0.342. The number of piperazine rings is 1. The number of hydrogen-bond donors (Lipinski definition) is 0. The second-order valence-corrected chi connectivity index (χ2v) is 11.6. The van der Waals surface area contributed by atoms with Gasteiger partial charge >= 0.3 is 0 Å². The number of rotatable bonds is 5. The molecule has 11 heteroatoms. The van der Waals surface area contributed by atoms with Gasteiger partial charge in [0.2, 0.25) is 0 Å². The van der Waals surface area contributed by atoms with Crippen LogP contribution in [0.15, 0.2) is 52.3 Å². The van der Waals surface area contributed by atoms with E-state index in [4.69, 9.17) is 21.9 Å². The van der Waals surface area contributed by atoms with E-state index in [1.165, 1.54) is 28.3 Å². The number of carbonyl (C=O) groups is 1. The topological polar surface area (TPSA) is 70.4 Å². The number of fused-ring (bicyclic) bond motifs is 1. The zero-order valence-corrected chi connectivity index (χ0v) is 23.1. The number of halogens is 1. The van der Waals surface area contributed by atoms with Crippen LogP contribution < -0.4 is 15.4 Å². The number of benzene rings is 1. The summed E-state index contributed by atoms with van der Waals surface area (Å²) in [5, 5.41) is 0. The Morgan fingerprint density at radius 2 is 1.87 bits per heavy atom. The third-order valence-corrected chi connectivity index (χ3v) is 8.77. The van der Waals surface area contributed by atoms with Crippen LogP contribution in [0.25, 0.3) is 11.7 Å². The molecule has 1 amide bonds. The van der Waals surface area contributed by atoms with E-state index in [0.717, 1.165) is 24.1 Å². The minimum Gasteiger partial charge on any atom is -0.376 e. The summed E-state index contributed by atoms with van der Waals surface area (Å²) < 4.78 is 21.1. The third kappa shape index (κ3) is 5.06. The van der Waals surface area contributed by atoms with Gasteiger partial charge in [-0.25, -0.2) is 9.37 Å². The van der Waals surface area contributed by atoms with E-state index in [-0.39, 0.29) is 23.4 Å². The van der Waals surface area contributed by atoms with Gasteiger partial charge in [-0.1, -0.05) is 30.0 Å². The number of aryl methyl sites for hydroxylation is 1. The van der Waals surface area contributed by atoms with Crippen LogP contribution in [0.4, 0.5) is 15.9 Å². The SMILES string of the molecule is Cc1cccn2c(=O)c(/C=C3/SC(=S)N(C[C@@H]4CCCO4)C3=O)c(N3CCN(c4ccc(F)cc4)CC3)nc12. The van der Waals surface area contributed by atoms with Crippen LogP contribution in [0.2, 0.25) is 0 Å². The summed E-state index contributed by atoms with van der Waals surface area (Å²) in [5.41, 5.74) is 2.56. The van der Waals surface area contributed by atoms with Gasteiger partial charge in [0.25, 0.3) is 11.5 Å². The van der Waals surface area contributed by atoms with Crippen LogP contribution in [0, 0.1) is 12.7 Å². The minimum absolute atomic E-state index is 0.0178. The van der Waals surface area contributed by atoms with Crippen molar-refractivity contribution in [2.45, 2.75) is 25.9 Å². The number of nitrogens with zero attached hydrogens (tertiary/aromatic N) is 5. The number of aromatic nitrogens is 2. The molecule has 2 aromatic heterocycles. The van der Waals surface area contributed by atoms with Crippen molar-refractivity contribution < 1.29 is 13.9 Å². The number of anilines is 2. The van der Waals surface area contributed by atoms with Gasteiger partial charge in [0.05, 0.1) is 23.1 Å². The van der Waals surface area contributed by atoms with Crippen LogP contribution in [0.3, 0.4) is 0 Å². The fourth-order valence-corrected chi connectivity index (χ4v) is 6.53. The lowest BCUT2D eigenvalue weighted by molar-refractivity contribution is -0.123. The third-order valence-electron chi connectivity index (χ3n) is 7.39. The number of pyridine rings is 1. The molecule has 0 N–H and O–H groups in total. The molecule has 0 bridgehead atoms. The molecule has 6 rings (SSSR count). The van der Waals surface area contributed by atoms with Gasteiger partial charge < -0.3 is 14.5 Å². The Kier molecular flexibility index (Phi) is 7.13. The number of carbonyl (C=O) groups excluding carboxylic acids is 1. The molecule has 3 aromatic rings. The Morgan fingerprint density at radius 1 is 1.13 bits per heavy atom. The highest BCUT2D eigenvalue weighted by atomic mass is 32.2. The van der Waals surface area contributed by atoms with Crippen molar-refractivity contribution in [3.8, 4) is 0 Å². The highest BCUT2D eigenvalue weighted by molar-refractivity contribution is 8.26. The van der Waals surface area contributed by atoms with Crippen molar-refractivity contribution in [3.63, 3.8) is 0 Å². The van der Waals surface area contributed by atoms with Crippen molar-refractivity contribution in [2.24, 2.45) is 0 Å². The van der Waals surface area contributed by atoms with E-state index in [9.17, 15) is 14.0 Å². The maximum Gasteiger partial charge on any atom is 0.267 e. The molecule has 0 saturated carbocycles. The van der Waals surface area contributed by atoms with E-state index >= 15 is 0 Å². The Morgan fingerprint density at radius 3 is 2.59 bits per heavy atom. The number of amides is 1. The molecule has 0 aliphatic carbocycles. The molecule has 0 radical (unpaired) electrons. The fraction of sp³-hybridized carbons (Fsp3) is 0.357. The van der Waals surface area contributed by atoms with Crippen LogP contribution in [0.1, 0.15) is 24.0 Å². The lowest BCUT2D eigenvalue weighted by Gasteiger charge is -2.37. The summed E-state index contributed by atoms with van der Waals surface area (Å²) in [4.78, 5) is 38.4. The van der Waals surface area contributed by atoms with Gasteiger partial charge in [-0.2, -0.15) is 0 Å². The Balaban J connectivity index is 1.34. The summed E-state index contributed by atoms with van der Waals surface area (Å²) in [7, 11) is 0. The molecule has 3 aliphatic rings. The fourth-order valence-electron chi connectivity index (χ4n) is 5.28. The Bertz CT molecular complexity index is 1530. The first-order valence-electron chi connectivity index (χ1n) is 13.0. The molecular weight excluding hydrogens is 537 g/mol. The van der Waals surface area contributed by atoms with Crippen molar-refractivity contribution in [1.29, 1.82) is 0 Å². The van der Waals surface area contributed by atoms with Gasteiger partial charge in [-0.15, -0.1) is 0 Å². The normalized spacial score (nSPS) is 21.1. The number of hydrogen-bond acceptors (Lipinski definition) is 8. The van der Waals surface area contributed by atoms with E-state index in [1.807, 2.05) is 19.1 Å². The van der Waals surface area contributed by atoms with Crippen molar-refractivity contribution in [3.05, 3.63) is 74.8 Å². The van der Waals surface area contributed by atoms with Crippen LogP contribution in [0.5, 0.6) is 0 Å². The largest absolute Gasteiger partial charge is 0.376 e. The highest BCUT2D eigenvalue weighted by Crippen LogP contribution is 2.34. The second kappa shape index (κ2) is 10.7. The average molecular weight is 566 g/mol. The van der Waals surface area contributed by atoms with Crippen LogP contribution in [-0.2, 0) is 9.53 Å². The van der Waals surface area contributed by atoms with Crippen LogP contribution >= 0.6 is 24.0 Å². The first kappa shape index (κ1) is 26.0. The van der Waals surface area contributed by atoms with Crippen LogP contribution in [-0.4, -0.2) is 69.9 Å². The maximum atomic E-state index is 13.8. The number of ether oxygens (including phenoxy) is 1.